The molecule has 0 bridgehead atoms. The highest BCUT2D eigenvalue weighted by Gasteiger charge is 2.09. The van der Waals surface area contributed by atoms with Crippen molar-refractivity contribution in [1.82, 2.24) is 4.98 Å². The van der Waals surface area contributed by atoms with Crippen molar-refractivity contribution in [3.63, 3.8) is 0 Å². The molecule has 0 saturated carbocycles. The van der Waals surface area contributed by atoms with Crippen LogP contribution in [0.2, 0.25) is 0 Å². The van der Waals surface area contributed by atoms with Crippen molar-refractivity contribution in [3.8, 4) is 0 Å². The Morgan fingerprint density at radius 1 is 1.38 bits per heavy atom. The van der Waals surface area contributed by atoms with Crippen LogP contribution >= 0.6 is 23.1 Å². The first kappa shape index (κ1) is 11.5. The van der Waals surface area contributed by atoms with E-state index in [0.29, 0.717) is 0 Å². The van der Waals surface area contributed by atoms with Crippen molar-refractivity contribution < 1.29 is 0 Å². The standard InChI is InChI=1S/C12H14N2S2/c1-9(12-13-7-8-16-12)14-10-5-3-4-6-11(10)15-2/h3-9,14H,1-2H3. The van der Waals surface area contributed by atoms with Gasteiger partial charge in [0.15, 0.2) is 0 Å². The summed E-state index contributed by atoms with van der Waals surface area (Å²) in [6, 6.07) is 8.60. The molecular formula is C12H14N2S2. The van der Waals surface area contributed by atoms with Gasteiger partial charge in [0.25, 0.3) is 0 Å². The second kappa shape index (κ2) is 5.37. The van der Waals surface area contributed by atoms with E-state index in [0.717, 1.165) is 5.01 Å². The number of para-hydroxylation sites is 1. The molecule has 4 heteroatoms. The van der Waals surface area contributed by atoms with Gasteiger partial charge in [-0.15, -0.1) is 23.1 Å². The Labute approximate surface area is 104 Å². The SMILES string of the molecule is CSc1ccccc1NC(C)c1nccs1. The number of thiazole rings is 1. The van der Waals surface area contributed by atoms with Crippen molar-refractivity contribution in [2.45, 2.75) is 17.9 Å². The first-order valence-electron chi connectivity index (χ1n) is 5.10. The van der Waals surface area contributed by atoms with Crippen molar-refractivity contribution >= 4 is 28.8 Å². The van der Waals surface area contributed by atoms with Gasteiger partial charge in [-0.05, 0) is 25.3 Å². The molecule has 0 spiro atoms. The monoisotopic (exact) mass is 250 g/mol. The molecule has 84 valence electrons. The van der Waals surface area contributed by atoms with Gasteiger partial charge in [-0.1, -0.05) is 12.1 Å². The van der Waals surface area contributed by atoms with Crippen LogP contribution in [0, 0.1) is 0 Å². The molecule has 2 aromatic rings. The summed E-state index contributed by atoms with van der Waals surface area (Å²) in [5.41, 5.74) is 1.18. The molecule has 1 aromatic heterocycles. The molecule has 1 aromatic carbocycles. The van der Waals surface area contributed by atoms with Gasteiger partial charge in [0, 0.05) is 22.2 Å². The number of thioether (sulfide) groups is 1. The predicted molar refractivity (Wildman–Crippen MR) is 72.4 cm³/mol. The number of aromatic nitrogens is 1. The van der Waals surface area contributed by atoms with Crippen LogP contribution in [0.4, 0.5) is 5.69 Å². The molecule has 0 fully saturated rings. The van der Waals surface area contributed by atoms with E-state index in [1.54, 1.807) is 23.1 Å². The molecule has 2 rings (SSSR count). The Bertz CT molecular complexity index is 440. The number of hydrogen-bond acceptors (Lipinski definition) is 4. The van der Waals surface area contributed by atoms with Crippen LogP contribution < -0.4 is 5.32 Å². The average molecular weight is 250 g/mol. The number of benzene rings is 1. The lowest BCUT2D eigenvalue weighted by Crippen LogP contribution is -2.06. The van der Waals surface area contributed by atoms with Crippen LogP contribution in [-0.2, 0) is 0 Å². The van der Waals surface area contributed by atoms with E-state index in [4.69, 9.17) is 0 Å². The molecule has 0 aliphatic rings. The lowest BCUT2D eigenvalue weighted by molar-refractivity contribution is 0.865. The van der Waals surface area contributed by atoms with Crippen LogP contribution in [0.15, 0.2) is 40.7 Å². The van der Waals surface area contributed by atoms with E-state index >= 15 is 0 Å². The first-order valence-corrected chi connectivity index (χ1v) is 7.20. The fourth-order valence-electron chi connectivity index (χ4n) is 1.51. The molecule has 0 saturated heterocycles. The normalized spacial score (nSPS) is 12.4. The van der Waals surface area contributed by atoms with E-state index < -0.39 is 0 Å². The second-order valence-corrected chi connectivity index (χ2v) is 5.21. The Morgan fingerprint density at radius 2 is 2.19 bits per heavy atom. The topological polar surface area (TPSA) is 24.9 Å². The lowest BCUT2D eigenvalue weighted by atomic mass is 10.2. The Hall–Kier alpha value is -1.00. The number of anilines is 1. The van der Waals surface area contributed by atoms with Gasteiger partial charge in [0.05, 0.1) is 6.04 Å². The summed E-state index contributed by atoms with van der Waals surface area (Å²) in [7, 11) is 0. The summed E-state index contributed by atoms with van der Waals surface area (Å²) in [6.07, 6.45) is 3.94. The Balaban J connectivity index is 2.14. The molecule has 0 radical (unpaired) electrons. The zero-order chi connectivity index (χ0) is 11.4. The maximum Gasteiger partial charge on any atom is 0.115 e. The van der Waals surface area contributed by atoms with Gasteiger partial charge in [0.2, 0.25) is 0 Å². The summed E-state index contributed by atoms with van der Waals surface area (Å²) in [4.78, 5) is 5.59. The van der Waals surface area contributed by atoms with E-state index in [2.05, 4.69) is 47.7 Å². The largest absolute Gasteiger partial charge is 0.375 e. The Morgan fingerprint density at radius 3 is 2.88 bits per heavy atom. The van der Waals surface area contributed by atoms with Crippen LogP contribution in [0.25, 0.3) is 0 Å². The van der Waals surface area contributed by atoms with Crippen LogP contribution in [0.5, 0.6) is 0 Å². The van der Waals surface area contributed by atoms with Crippen molar-refractivity contribution in [2.24, 2.45) is 0 Å². The number of nitrogens with zero attached hydrogens (tertiary/aromatic N) is 1. The second-order valence-electron chi connectivity index (χ2n) is 3.44. The smallest absolute Gasteiger partial charge is 0.115 e. The van der Waals surface area contributed by atoms with Crippen molar-refractivity contribution in [1.29, 1.82) is 0 Å². The third-order valence-electron chi connectivity index (χ3n) is 2.30. The average Bonchev–Trinajstić information content (AvgIpc) is 2.83. The third kappa shape index (κ3) is 2.57. The van der Waals surface area contributed by atoms with Crippen molar-refractivity contribution in [2.75, 3.05) is 11.6 Å². The van der Waals surface area contributed by atoms with Gasteiger partial charge in [-0.3, -0.25) is 0 Å². The summed E-state index contributed by atoms with van der Waals surface area (Å²) < 4.78 is 0. The number of nitrogens with one attached hydrogen (secondary N) is 1. The first-order chi connectivity index (χ1) is 7.81. The third-order valence-corrected chi connectivity index (χ3v) is 4.05. The molecule has 0 aliphatic heterocycles. The zero-order valence-corrected chi connectivity index (χ0v) is 10.9. The van der Waals surface area contributed by atoms with Crippen molar-refractivity contribution in [3.05, 3.63) is 40.8 Å². The van der Waals surface area contributed by atoms with E-state index in [-0.39, 0.29) is 6.04 Å². The maximum absolute atomic E-state index is 4.32. The summed E-state index contributed by atoms with van der Waals surface area (Å²) >= 11 is 3.44. The minimum atomic E-state index is 0.258. The number of hydrogen-bond donors (Lipinski definition) is 1. The quantitative estimate of drug-likeness (QED) is 0.829. The predicted octanol–water partition coefficient (Wildman–Crippen LogP) is 4.04. The zero-order valence-electron chi connectivity index (χ0n) is 9.31. The highest BCUT2D eigenvalue weighted by molar-refractivity contribution is 7.98. The van der Waals surface area contributed by atoms with Crippen LogP contribution in [0.1, 0.15) is 18.0 Å². The minimum absolute atomic E-state index is 0.258. The number of rotatable bonds is 4. The fraction of sp³-hybridized carbons (Fsp3) is 0.250. The minimum Gasteiger partial charge on any atom is -0.375 e. The highest BCUT2D eigenvalue weighted by atomic mass is 32.2. The molecule has 1 atom stereocenters. The summed E-state index contributed by atoms with van der Waals surface area (Å²) in [6.45, 7) is 2.13. The van der Waals surface area contributed by atoms with E-state index in [9.17, 15) is 0 Å². The van der Waals surface area contributed by atoms with E-state index in [1.165, 1.54) is 10.6 Å². The fourth-order valence-corrected chi connectivity index (χ4v) is 2.71. The highest BCUT2D eigenvalue weighted by Crippen LogP contribution is 2.28. The molecule has 0 aliphatic carbocycles. The van der Waals surface area contributed by atoms with E-state index in [1.807, 2.05) is 11.6 Å². The van der Waals surface area contributed by atoms with Gasteiger partial charge < -0.3 is 5.32 Å². The maximum atomic E-state index is 4.32. The molecule has 1 unspecified atom stereocenters. The lowest BCUT2D eigenvalue weighted by Gasteiger charge is -2.15. The molecule has 1 N–H and O–H groups in total. The molecular weight excluding hydrogens is 236 g/mol. The molecule has 0 amide bonds. The van der Waals surface area contributed by atoms with Gasteiger partial charge >= 0.3 is 0 Å². The molecule has 16 heavy (non-hydrogen) atoms. The molecule has 2 nitrogen and oxygen atoms in total. The van der Waals surface area contributed by atoms with Gasteiger partial charge in [-0.2, -0.15) is 0 Å². The summed E-state index contributed by atoms with van der Waals surface area (Å²) in [5.74, 6) is 0. The van der Waals surface area contributed by atoms with Gasteiger partial charge in [0.1, 0.15) is 5.01 Å². The van der Waals surface area contributed by atoms with Crippen LogP contribution in [-0.4, -0.2) is 11.2 Å². The summed E-state index contributed by atoms with van der Waals surface area (Å²) in [5, 5.41) is 6.62. The Kier molecular flexibility index (Phi) is 3.85. The van der Waals surface area contributed by atoms with Gasteiger partial charge in [-0.25, -0.2) is 4.98 Å². The molecule has 1 heterocycles. The van der Waals surface area contributed by atoms with Crippen LogP contribution in [0.3, 0.4) is 0 Å².